The molecule has 0 bridgehead atoms. The van der Waals surface area contributed by atoms with Crippen LogP contribution in [0.1, 0.15) is 18.4 Å². The molecule has 272 valence electrons. The minimum Gasteiger partial charge on any atom is -0.493 e. The summed E-state index contributed by atoms with van der Waals surface area (Å²) in [7, 11) is 2.99. The van der Waals surface area contributed by atoms with Crippen LogP contribution >= 0.6 is 0 Å². The van der Waals surface area contributed by atoms with Crippen molar-refractivity contribution in [3.63, 3.8) is 0 Å². The molecule has 1 heterocycles. The van der Waals surface area contributed by atoms with Gasteiger partial charge in [0.2, 0.25) is 0 Å². The highest BCUT2D eigenvalue weighted by Crippen LogP contribution is 2.33. The molecule has 1 atom stereocenters. The number of carbonyl (C=O) groups excluding carboxylic acids is 2. The summed E-state index contributed by atoms with van der Waals surface area (Å²) in [5.74, 6) is 1.12. The van der Waals surface area contributed by atoms with Crippen molar-refractivity contribution in [1.29, 1.82) is 0 Å². The molecule has 0 saturated carbocycles. The van der Waals surface area contributed by atoms with Crippen molar-refractivity contribution in [1.82, 2.24) is 10.3 Å². The van der Waals surface area contributed by atoms with Crippen LogP contribution in [-0.4, -0.2) is 75.2 Å². The van der Waals surface area contributed by atoms with E-state index in [9.17, 15) is 19.7 Å². The van der Waals surface area contributed by atoms with Crippen LogP contribution in [0.4, 0.5) is 0 Å². The van der Waals surface area contributed by atoms with Crippen LogP contribution in [0.5, 0.6) is 28.7 Å². The van der Waals surface area contributed by atoms with E-state index in [2.05, 4.69) is 15.1 Å². The van der Waals surface area contributed by atoms with Crippen LogP contribution in [0.25, 0.3) is 27.9 Å². The summed E-state index contributed by atoms with van der Waals surface area (Å²) in [4.78, 5) is 43.1. The Kier molecular flexibility index (Phi) is 13.3. The topological polar surface area (TPSA) is 170 Å². The number of nitrogens with one attached hydrogen (secondary N) is 2. The first-order chi connectivity index (χ1) is 25.3. The largest absolute Gasteiger partial charge is 0.493 e. The van der Waals surface area contributed by atoms with Crippen molar-refractivity contribution in [2.45, 2.75) is 18.9 Å². The van der Waals surface area contributed by atoms with Gasteiger partial charge in [-0.15, -0.1) is 10.1 Å². The van der Waals surface area contributed by atoms with Gasteiger partial charge in [0.15, 0.2) is 23.0 Å². The Morgan fingerprint density at radius 1 is 0.846 bits per heavy atom. The molecular formula is C38H39N3O11. The van der Waals surface area contributed by atoms with Gasteiger partial charge in [-0.05, 0) is 60.5 Å². The fourth-order valence-electron chi connectivity index (χ4n) is 5.31. The number of nitrogens with zero attached hydrogens (tertiary/aromatic N) is 1. The summed E-state index contributed by atoms with van der Waals surface area (Å²) < 4.78 is 34.0. The number of ether oxygens (including phenoxy) is 6. The minimum absolute atomic E-state index is 0.0740. The molecule has 4 aromatic carbocycles. The van der Waals surface area contributed by atoms with Crippen LogP contribution in [0.2, 0.25) is 0 Å². The van der Waals surface area contributed by atoms with Crippen molar-refractivity contribution in [3.8, 4) is 28.7 Å². The number of methoxy groups -OCH3 is 2. The zero-order valence-electron chi connectivity index (χ0n) is 28.7. The van der Waals surface area contributed by atoms with Crippen LogP contribution in [0, 0.1) is 10.1 Å². The van der Waals surface area contributed by atoms with E-state index in [-0.39, 0.29) is 44.1 Å². The van der Waals surface area contributed by atoms with E-state index in [1.54, 1.807) is 25.3 Å². The Labute approximate surface area is 299 Å². The predicted octanol–water partition coefficient (Wildman–Crippen LogP) is 5.90. The lowest BCUT2D eigenvalue weighted by Crippen LogP contribution is -2.37. The van der Waals surface area contributed by atoms with Gasteiger partial charge in [-0.1, -0.05) is 42.5 Å². The van der Waals surface area contributed by atoms with Crippen molar-refractivity contribution >= 4 is 39.8 Å². The third-order valence-corrected chi connectivity index (χ3v) is 7.72. The van der Waals surface area contributed by atoms with Crippen molar-refractivity contribution in [2.24, 2.45) is 0 Å². The number of para-hydroxylation sites is 3. The van der Waals surface area contributed by atoms with Crippen LogP contribution in [0.15, 0.2) is 91.0 Å². The van der Waals surface area contributed by atoms with Gasteiger partial charge in [0, 0.05) is 41.9 Å². The van der Waals surface area contributed by atoms with E-state index >= 15 is 0 Å². The molecule has 0 aliphatic carbocycles. The molecule has 1 aromatic heterocycles. The van der Waals surface area contributed by atoms with Crippen LogP contribution in [0.3, 0.4) is 0 Å². The number of hydrogen-bond donors (Lipinski definition) is 2. The molecule has 0 aliphatic rings. The van der Waals surface area contributed by atoms with E-state index in [1.807, 2.05) is 66.7 Å². The van der Waals surface area contributed by atoms with Gasteiger partial charge in [-0.3, -0.25) is 4.79 Å². The molecule has 0 amide bonds. The third-order valence-electron chi connectivity index (χ3n) is 7.72. The van der Waals surface area contributed by atoms with E-state index < -0.39 is 23.1 Å². The molecule has 52 heavy (non-hydrogen) atoms. The van der Waals surface area contributed by atoms with Gasteiger partial charge in [-0.2, -0.15) is 0 Å². The number of carbonyl (C=O) groups is 2. The molecular weight excluding hydrogens is 674 g/mol. The summed E-state index contributed by atoms with van der Waals surface area (Å²) in [6.07, 6.45) is 2.19. The highest BCUT2D eigenvalue weighted by molar-refractivity contribution is 6.10. The molecule has 14 heteroatoms. The summed E-state index contributed by atoms with van der Waals surface area (Å²) in [6, 6.07) is 25.9. The number of aromatic nitrogens is 1. The van der Waals surface area contributed by atoms with Crippen molar-refractivity contribution in [3.05, 3.63) is 107 Å². The minimum atomic E-state index is -0.921. The first-order valence-corrected chi connectivity index (χ1v) is 16.5. The van der Waals surface area contributed by atoms with E-state index in [0.29, 0.717) is 36.0 Å². The molecule has 0 aliphatic heterocycles. The first-order valence-electron chi connectivity index (χ1n) is 16.5. The van der Waals surface area contributed by atoms with E-state index in [1.165, 1.54) is 19.3 Å². The molecule has 0 fully saturated rings. The number of aromatic amines is 1. The monoisotopic (exact) mass is 713 g/mol. The normalized spacial score (nSPS) is 11.7. The van der Waals surface area contributed by atoms with Gasteiger partial charge in [0.1, 0.15) is 25.1 Å². The van der Waals surface area contributed by atoms with Gasteiger partial charge >= 0.3 is 11.9 Å². The third kappa shape index (κ3) is 10.4. The second-order valence-corrected chi connectivity index (χ2v) is 11.3. The molecule has 2 N–H and O–H groups in total. The zero-order valence-corrected chi connectivity index (χ0v) is 28.7. The lowest BCUT2D eigenvalue weighted by Gasteiger charge is -2.19. The maximum absolute atomic E-state index is 13.1. The summed E-state index contributed by atoms with van der Waals surface area (Å²) in [6.45, 7) is 0.943. The van der Waals surface area contributed by atoms with Gasteiger partial charge in [0.25, 0.3) is 5.09 Å². The van der Waals surface area contributed by atoms with Gasteiger partial charge in [0.05, 0.1) is 26.3 Å². The maximum atomic E-state index is 13.1. The number of benzene rings is 4. The number of rotatable bonds is 20. The van der Waals surface area contributed by atoms with Gasteiger partial charge < -0.3 is 43.6 Å². The standard InChI is InChI=1S/C38H39N3O11/c1-46-31-12-5-6-13-32(31)48-22-20-39-24-27(25-49-34-14-7-11-30-38(34)28-9-3-4-10-29(28)40-30)51-37(43)19-17-26-16-18-33(35(23-26)47-2)52-36(42)15-8-21-50-41(44)45/h3-7,9-14,16-19,23,27,39-40H,8,15,20-22,24-25H2,1-2H3/b19-17+. The molecule has 5 rings (SSSR count). The SMILES string of the molecule is COc1ccccc1OCCNCC(COc1cccc2[nH]c3ccccc3c12)OC(=O)/C=C/c1ccc(OC(=O)CCCO[N+](=O)[O-])c(OC)c1. The zero-order chi connectivity index (χ0) is 36.7. The fourth-order valence-corrected chi connectivity index (χ4v) is 5.31. The summed E-state index contributed by atoms with van der Waals surface area (Å²) in [5.41, 5.74) is 2.50. The van der Waals surface area contributed by atoms with E-state index in [0.717, 1.165) is 21.8 Å². The molecule has 5 aromatic rings. The molecule has 0 spiro atoms. The smallest absolute Gasteiger partial charge is 0.331 e. The summed E-state index contributed by atoms with van der Waals surface area (Å²) in [5, 5.41) is 14.6. The number of hydrogen-bond acceptors (Lipinski definition) is 12. The average molecular weight is 714 g/mol. The molecule has 0 saturated heterocycles. The van der Waals surface area contributed by atoms with Crippen molar-refractivity contribution < 1.29 is 47.9 Å². The Hall–Kier alpha value is -6.28. The second-order valence-electron chi connectivity index (χ2n) is 11.3. The molecule has 14 nitrogen and oxygen atoms in total. The van der Waals surface area contributed by atoms with Crippen LogP contribution in [-0.2, 0) is 19.2 Å². The second kappa shape index (κ2) is 18.6. The van der Waals surface area contributed by atoms with Crippen LogP contribution < -0.4 is 29.0 Å². The number of esters is 2. The van der Waals surface area contributed by atoms with E-state index in [4.69, 9.17) is 28.4 Å². The Morgan fingerprint density at radius 3 is 2.40 bits per heavy atom. The average Bonchev–Trinajstić information content (AvgIpc) is 3.54. The highest BCUT2D eigenvalue weighted by Gasteiger charge is 2.17. The fraction of sp³-hybridized carbons (Fsp3) is 0.263. The quantitative estimate of drug-likeness (QED) is 0.0245. The first kappa shape index (κ1) is 37.0. The Morgan fingerprint density at radius 2 is 1.60 bits per heavy atom. The van der Waals surface area contributed by atoms with Gasteiger partial charge in [-0.25, -0.2) is 4.79 Å². The number of fused-ring (bicyclic) bond motifs is 3. The van der Waals surface area contributed by atoms with Crippen molar-refractivity contribution in [2.75, 3.05) is 47.1 Å². The Bertz CT molecular complexity index is 2010. The highest BCUT2D eigenvalue weighted by atomic mass is 16.9. The summed E-state index contributed by atoms with van der Waals surface area (Å²) >= 11 is 0. The Balaban J connectivity index is 1.21. The molecule has 1 unspecified atom stereocenters. The maximum Gasteiger partial charge on any atom is 0.331 e. The predicted molar refractivity (Wildman–Crippen MR) is 192 cm³/mol. The number of H-pyrrole nitrogens is 1. The lowest BCUT2D eigenvalue weighted by molar-refractivity contribution is -0.757. The molecule has 0 radical (unpaired) electrons. The lowest BCUT2D eigenvalue weighted by atomic mass is 10.1.